The number of hydrogen-bond donors (Lipinski definition) is 6. The molecule has 1 fully saturated rings. The van der Waals surface area contributed by atoms with E-state index in [1.807, 2.05) is 5.92 Å². The summed E-state index contributed by atoms with van der Waals surface area (Å²) in [6.07, 6.45) is -4.17. The van der Waals surface area contributed by atoms with Gasteiger partial charge >= 0.3 is 29.2 Å². The van der Waals surface area contributed by atoms with Crippen LogP contribution < -0.4 is 11.4 Å². The maximum absolute atomic E-state index is 12.6. The van der Waals surface area contributed by atoms with Crippen molar-refractivity contribution in [3.8, 4) is 11.8 Å². The second-order valence-electron chi connectivity index (χ2n) is 6.10. The number of phosphoric acid groups is 3. The van der Waals surface area contributed by atoms with Crippen molar-refractivity contribution in [3.63, 3.8) is 0 Å². The monoisotopic (exact) mass is 557 g/mol. The van der Waals surface area contributed by atoms with E-state index < -0.39 is 65.7 Å². The van der Waals surface area contributed by atoms with E-state index in [0.717, 1.165) is 16.8 Å². The highest BCUT2D eigenvalue weighted by Crippen LogP contribution is 2.66. The van der Waals surface area contributed by atoms with Crippen LogP contribution in [0.15, 0.2) is 17.1 Å². The zero-order chi connectivity index (χ0) is 25.2. The Kier molecular flexibility index (Phi) is 8.65. The van der Waals surface area contributed by atoms with Crippen molar-refractivity contribution >= 4 is 40.9 Å². The lowest BCUT2D eigenvalue weighted by Gasteiger charge is -2.25. The highest BCUT2D eigenvalue weighted by Gasteiger charge is 2.56. The normalized spacial score (nSPS) is 29.0. The molecule has 1 aliphatic rings. The first-order valence-corrected chi connectivity index (χ1v) is 13.1. The van der Waals surface area contributed by atoms with Gasteiger partial charge in [0.15, 0.2) is 11.1 Å². The summed E-state index contributed by atoms with van der Waals surface area (Å²) in [6, 6.07) is 1.16. The Hall–Kier alpha value is -1.21. The molecule has 0 radical (unpaired) electrons. The molecule has 7 N–H and O–H groups in total. The van der Waals surface area contributed by atoms with Gasteiger partial charge in [-0.1, -0.05) is 23.4 Å². The van der Waals surface area contributed by atoms with Crippen LogP contribution in [0, 0.1) is 11.8 Å². The lowest BCUT2D eigenvalue weighted by atomic mass is 9.99. The minimum atomic E-state index is -5.78. The summed E-state index contributed by atoms with van der Waals surface area (Å²) in [7, 11) is -16.9. The first-order valence-electron chi connectivity index (χ1n) is 8.21. The number of aliphatic hydroxyl groups excluding tert-OH is 1. The zero-order valence-corrected chi connectivity index (χ0v) is 19.3. The molecule has 2 rings (SSSR count). The highest BCUT2D eigenvalue weighted by molar-refractivity contribution is 7.66. The van der Waals surface area contributed by atoms with Gasteiger partial charge in [-0.25, -0.2) is 22.9 Å². The van der Waals surface area contributed by atoms with Crippen LogP contribution >= 0.6 is 35.1 Å². The van der Waals surface area contributed by atoms with Gasteiger partial charge in [-0.05, 0) is 6.07 Å². The quantitative estimate of drug-likeness (QED) is 0.132. The number of alkyl halides is 2. The number of phosphoric ester groups is 1. The number of rotatable bonds is 8. The summed E-state index contributed by atoms with van der Waals surface area (Å²) in [5, 5.41) is 10.5. The molecule has 0 aromatic carbocycles. The minimum Gasteiger partial charge on any atom is -0.387 e. The molecule has 6 atom stereocenters. The van der Waals surface area contributed by atoms with E-state index in [2.05, 4.69) is 24.0 Å². The van der Waals surface area contributed by atoms with Gasteiger partial charge in [0.25, 0.3) is 0 Å². The Bertz CT molecular complexity index is 1150. The number of aliphatic hydroxyl groups is 1. The van der Waals surface area contributed by atoms with Crippen molar-refractivity contribution in [3.05, 3.63) is 22.7 Å². The van der Waals surface area contributed by atoms with Crippen LogP contribution in [-0.2, 0) is 31.6 Å². The Morgan fingerprint density at radius 1 is 1.27 bits per heavy atom. The van der Waals surface area contributed by atoms with Crippen LogP contribution in [0.3, 0.4) is 0 Å². The van der Waals surface area contributed by atoms with E-state index in [4.69, 9.17) is 36.8 Å². The summed E-state index contributed by atoms with van der Waals surface area (Å²) >= 11 is 6.29. The van der Waals surface area contributed by atoms with Crippen LogP contribution in [0.2, 0.25) is 0 Å². The molecule has 2 heterocycles. The Morgan fingerprint density at radius 3 is 2.45 bits per heavy atom. The molecular formula is C12H16ClFN3O13P3. The van der Waals surface area contributed by atoms with Crippen molar-refractivity contribution < 1.29 is 60.6 Å². The second kappa shape index (κ2) is 10.2. The maximum atomic E-state index is 12.6. The van der Waals surface area contributed by atoms with Crippen LogP contribution in [0.5, 0.6) is 0 Å². The average molecular weight is 558 g/mol. The topological polar surface area (TPSA) is 250 Å². The lowest BCUT2D eigenvalue weighted by Crippen LogP contribution is -2.43. The standard InChI is InChI=1S/C12H16ClFN3O13P3/c13-12(3-1-4-14)9(18)7(28-10(12)17-5-2-8(15)16-11(17)19)6-27-32(23,24)30-33(25,26)29-31(20,21)22/h2,5,7,9-10,18H,4,6H2,(H,23,24)(H,25,26)(H2,15,16,19)(H2,20,21,22)/t7-,9+,10-,12?/m1/s1. The Labute approximate surface area is 188 Å². The Balaban J connectivity index is 2.26. The molecule has 0 spiro atoms. The fraction of sp³-hybridized carbons (Fsp3) is 0.500. The van der Waals surface area contributed by atoms with Crippen molar-refractivity contribution in [2.24, 2.45) is 0 Å². The highest BCUT2D eigenvalue weighted by atomic mass is 35.5. The van der Waals surface area contributed by atoms with Gasteiger partial charge in [0.05, 0.1) is 6.61 Å². The Morgan fingerprint density at radius 2 is 1.91 bits per heavy atom. The average Bonchev–Trinajstić information content (AvgIpc) is 2.87. The smallest absolute Gasteiger partial charge is 0.387 e. The molecule has 0 bridgehead atoms. The number of nitrogens with zero attached hydrogens (tertiary/aromatic N) is 2. The molecule has 1 aromatic heterocycles. The lowest BCUT2D eigenvalue weighted by molar-refractivity contribution is -0.0455. The van der Waals surface area contributed by atoms with Crippen molar-refractivity contribution in [1.82, 2.24) is 9.55 Å². The van der Waals surface area contributed by atoms with E-state index in [1.54, 1.807) is 0 Å². The number of halogens is 2. The largest absolute Gasteiger partial charge is 0.490 e. The third kappa shape index (κ3) is 7.38. The van der Waals surface area contributed by atoms with Gasteiger partial charge in [-0.2, -0.15) is 13.6 Å². The molecule has 33 heavy (non-hydrogen) atoms. The van der Waals surface area contributed by atoms with Gasteiger partial charge < -0.3 is 35.2 Å². The second-order valence-corrected chi connectivity index (χ2v) is 11.1. The molecule has 21 heteroatoms. The summed E-state index contributed by atoms with van der Waals surface area (Å²) in [5.41, 5.74) is 4.39. The molecular weight excluding hydrogens is 542 g/mol. The van der Waals surface area contributed by atoms with Gasteiger partial charge in [0.2, 0.25) is 0 Å². The van der Waals surface area contributed by atoms with E-state index in [0.29, 0.717) is 0 Å². The molecule has 16 nitrogen and oxygen atoms in total. The van der Waals surface area contributed by atoms with Crippen LogP contribution in [0.25, 0.3) is 0 Å². The van der Waals surface area contributed by atoms with Gasteiger partial charge in [-0.3, -0.25) is 9.09 Å². The van der Waals surface area contributed by atoms with E-state index in [9.17, 15) is 32.9 Å². The summed E-state index contributed by atoms with van der Waals surface area (Å²) in [4.78, 5) is 49.1. The number of nitrogen functional groups attached to an aromatic ring is 1. The minimum absolute atomic E-state index is 0.172. The SMILES string of the molecule is Nc1ccn([C@@H]2O[C@H](COP(=O)(O)OP(=O)(O)OP(=O)(O)O)[C@H](O)C2(Cl)C#CCF)c(=O)n1. The number of aromatic nitrogens is 2. The number of ether oxygens (including phenoxy) is 1. The van der Waals surface area contributed by atoms with Crippen molar-refractivity contribution in [2.75, 3.05) is 19.0 Å². The van der Waals surface area contributed by atoms with Gasteiger partial charge in [0, 0.05) is 6.20 Å². The number of nitrogens with two attached hydrogens (primary N) is 1. The maximum Gasteiger partial charge on any atom is 0.490 e. The van der Waals surface area contributed by atoms with Crippen LogP contribution in [0.1, 0.15) is 6.23 Å². The molecule has 1 aromatic rings. The van der Waals surface area contributed by atoms with E-state index in [-0.39, 0.29) is 5.82 Å². The van der Waals surface area contributed by atoms with Crippen LogP contribution in [0.4, 0.5) is 10.2 Å². The first-order chi connectivity index (χ1) is 15.0. The fourth-order valence-electron chi connectivity index (χ4n) is 2.53. The zero-order valence-electron chi connectivity index (χ0n) is 15.9. The summed E-state index contributed by atoms with van der Waals surface area (Å²) in [5.74, 6) is 3.96. The molecule has 3 unspecified atom stereocenters. The molecule has 1 saturated heterocycles. The van der Waals surface area contributed by atoms with E-state index >= 15 is 0 Å². The summed E-state index contributed by atoms with van der Waals surface area (Å²) in [6.45, 7) is -2.31. The fourth-order valence-corrected chi connectivity index (χ4v) is 5.93. The first kappa shape index (κ1) is 28.0. The third-order valence-corrected chi connectivity index (χ3v) is 8.02. The number of anilines is 1. The third-order valence-electron chi connectivity index (χ3n) is 3.71. The molecule has 0 aliphatic carbocycles. The number of hydrogen-bond acceptors (Lipinski definition) is 11. The van der Waals surface area contributed by atoms with E-state index in [1.165, 1.54) is 0 Å². The van der Waals surface area contributed by atoms with Crippen molar-refractivity contribution in [1.29, 1.82) is 0 Å². The van der Waals surface area contributed by atoms with Crippen LogP contribution in [-0.4, -0.2) is 64.6 Å². The predicted octanol–water partition coefficient (Wildman–Crippen LogP) is -0.622. The van der Waals surface area contributed by atoms with Gasteiger partial charge in [0.1, 0.15) is 24.7 Å². The summed E-state index contributed by atoms with van der Waals surface area (Å²) < 4.78 is 64.1. The molecule has 0 amide bonds. The molecule has 0 saturated carbocycles. The molecule has 186 valence electrons. The predicted molar refractivity (Wildman–Crippen MR) is 105 cm³/mol. The molecule has 1 aliphatic heterocycles. The van der Waals surface area contributed by atoms with Crippen molar-refractivity contribution in [2.45, 2.75) is 23.3 Å². The van der Waals surface area contributed by atoms with Gasteiger partial charge in [-0.15, -0.1) is 0 Å².